The second-order valence-electron chi connectivity index (χ2n) is 4.52. The maximum atomic E-state index is 13.8. The van der Waals surface area contributed by atoms with Crippen LogP contribution in [-0.2, 0) is 0 Å². The lowest BCUT2D eigenvalue weighted by Crippen LogP contribution is -2.29. The second kappa shape index (κ2) is 5.96. The van der Waals surface area contributed by atoms with Crippen LogP contribution in [0.3, 0.4) is 0 Å². The Bertz CT molecular complexity index is 581. The highest BCUT2D eigenvalue weighted by atomic mass is 19.1. The largest absolute Gasteiger partial charge is 0.484 e. The molecule has 2 aromatic rings. The van der Waals surface area contributed by atoms with Gasteiger partial charge in [-0.05, 0) is 13.0 Å². The first-order valence-electron chi connectivity index (χ1n) is 6.10. The summed E-state index contributed by atoms with van der Waals surface area (Å²) in [6.45, 7) is 1.63. The molecule has 0 aliphatic heterocycles. The van der Waals surface area contributed by atoms with Crippen molar-refractivity contribution in [1.82, 2.24) is 0 Å². The quantitative estimate of drug-likeness (QED) is 0.929. The van der Waals surface area contributed by atoms with Crippen LogP contribution in [0, 0.1) is 17.5 Å². The van der Waals surface area contributed by atoms with Crippen LogP contribution < -0.4 is 10.5 Å². The van der Waals surface area contributed by atoms with Crippen molar-refractivity contribution in [2.75, 3.05) is 0 Å². The lowest BCUT2D eigenvalue weighted by Gasteiger charge is -2.23. The minimum atomic E-state index is -0.836. The molecule has 5 heteroatoms. The minimum Gasteiger partial charge on any atom is -0.484 e. The van der Waals surface area contributed by atoms with Gasteiger partial charge in [-0.2, -0.15) is 0 Å². The van der Waals surface area contributed by atoms with E-state index in [-0.39, 0.29) is 11.3 Å². The normalized spacial score (nSPS) is 13.8. The van der Waals surface area contributed by atoms with Crippen LogP contribution in [0.4, 0.5) is 13.2 Å². The Kier molecular flexibility index (Phi) is 4.29. The third-order valence-electron chi connectivity index (χ3n) is 2.79. The molecular weight excluding hydrogens is 267 g/mol. The van der Waals surface area contributed by atoms with E-state index in [9.17, 15) is 13.2 Å². The van der Waals surface area contributed by atoms with Crippen molar-refractivity contribution in [3.05, 3.63) is 65.5 Å². The lowest BCUT2D eigenvalue weighted by atomic mass is 10.0. The summed E-state index contributed by atoms with van der Waals surface area (Å²) in [6.07, 6.45) is -0.836. The van der Waals surface area contributed by atoms with Gasteiger partial charge in [0.1, 0.15) is 29.3 Å². The molecule has 0 radical (unpaired) electrons. The van der Waals surface area contributed by atoms with E-state index in [1.54, 1.807) is 19.1 Å². The number of nitrogens with two attached hydrogens (primary N) is 1. The first kappa shape index (κ1) is 14.4. The number of rotatable bonds is 4. The van der Waals surface area contributed by atoms with Crippen molar-refractivity contribution in [2.45, 2.75) is 19.1 Å². The van der Waals surface area contributed by atoms with Crippen LogP contribution in [0.2, 0.25) is 0 Å². The van der Waals surface area contributed by atoms with Gasteiger partial charge in [0.15, 0.2) is 0 Å². The molecule has 0 aliphatic rings. The van der Waals surface area contributed by atoms with Crippen LogP contribution in [0.15, 0.2) is 42.5 Å². The first-order chi connectivity index (χ1) is 9.47. The molecule has 20 heavy (non-hydrogen) atoms. The monoisotopic (exact) mass is 281 g/mol. The van der Waals surface area contributed by atoms with Gasteiger partial charge in [0.05, 0.1) is 0 Å². The van der Waals surface area contributed by atoms with Crippen molar-refractivity contribution < 1.29 is 17.9 Å². The van der Waals surface area contributed by atoms with Gasteiger partial charge < -0.3 is 10.5 Å². The smallest absolute Gasteiger partial charge is 0.141 e. The van der Waals surface area contributed by atoms with E-state index < -0.39 is 29.6 Å². The average Bonchev–Trinajstić information content (AvgIpc) is 2.35. The summed E-state index contributed by atoms with van der Waals surface area (Å²) in [6, 6.07) is 8.22. The molecular formula is C15H14F3NO. The van der Waals surface area contributed by atoms with E-state index >= 15 is 0 Å². The predicted molar refractivity (Wildman–Crippen MR) is 69.8 cm³/mol. The summed E-state index contributed by atoms with van der Waals surface area (Å²) in [5, 5.41) is 0. The number of ether oxygens (including phenoxy) is 1. The zero-order valence-corrected chi connectivity index (χ0v) is 10.8. The Morgan fingerprint density at radius 1 is 1.00 bits per heavy atom. The van der Waals surface area contributed by atoms with Gasteiger partial charge in [-0.25, -0.2) is 13.2 Å². The fraction of sp³-hybridized carbons (Fsp3) is 0.200. The van der Waals surface area contributed by atoms with Gasteiger partial charge in [-0.15, -0.1) is 0 Å². The van der Waals surface area contributed by atoms with Gasteiger partial charge in [0.25, 0.3) is 0 Å². The topological polar surface area (TPSA) is 35.2 Å². The summed E-state index contributed by atoms with van der Waals surface area (Å²) >= 11 is 0. The number of benzene rings is 2. The summed E-state index contributed by atoms with van der Waals surface area (Å²) in [7, 11) is 0. The molecule has 0 spiro atoms. The van der Waals surface area contributed by atoms with E-state index in [0.29, 0.717) is 0 Å². The lowest BCUT2D eigenvalue weighted by molar-refractivity contribution is 0.174. The van der Waals surface area contributed by atoms with Gasteiger partial charge in [-0.1, -0.05) is 18.2 Å². The third kappa shape index (κ3) is 3.30. The molecule has 0 heterocycles. The molecule has 0 amide bonds. The van der Waals surface area contributed by atoms with E-state index in [4.69, 9.17) is 10.5 Å². The summed E-state index contributed by atoms with van der Waals surface area (Å²) in [5.74, 6) is -2.05. The molecule has 0 aromatic heterocycles. The molecule has 0 saturated carbocycles. The minimum absolute atomic E-state index is 0.0342. The molecule has 2 nitrogen and oxygen atoms in total. The highest BCUT2D eigenvalue weighted by Gasteiger charge is 2.22. The van der Waals surface area contributed by atoms with Gasteiger partial charge >= 0.3 is 0 Å². The number of hydrogen-bond donors (Lipinski definition) is 1. The maximum Gasteiger partial charge on any atom is 0.141 e. The highest BCUT2D eigenvalue weighted by Crippen LogP contribution is 2.27. The molecule has 2 N–H and O–H groups in total. The van der Waals surface area contributed by atoms with Crippen LogP contribution in [0.1, 0.15) is 18.6 Å². The van der Waals surface area contributed by atoms with Crippen LogP contribution in [0.5, 0.6) is 5.75 Å². The average molecular weight is 281 g/mol. The molecule has 2 aromatic carbocycles. The molecule has 0 fully saturated rings. The van der Waals surface area contributed by atoms with Crippen molar-refractivity contribution in [2.24, 2.45) is 5.73 Å². The summed E-state index contributed by atoms with van der Waals surface area (Å²) in [5.41, 5.74) is 6.03. The molecule has 0 saturated heterocycles. The van der Waals surface area contributed by atoms with Crippen molar-refractivity contribution in [1.29, 1.82) is 0 Å². The van der Waals surface area contributed by atoms with E-state index in [1.807, 2.05) is 0 Å². The fourth-order valence-corrected chi connectivity index (χ4v) is 1.90. The molecule has 0 bridgehead atoms. The van der Waals surface area contributed by atoms with Crippen molar-refractivity contribution in [3.63, 3.8) is 0 Å². The molecule has 2 atom stereocenters. The molecule has 0 aliphatic carbocycles. The van der Waals surface area contributed by atoms with Crippen LogP contribution in [-0.4, -0.2) is 6.04 Å². The Labute approximate surface area is 115 Å². The standard InChI is InChI=1S/C15H14F3NO/c1-9(19)15(13-4-2-3-5-14(13)18)20-12-7-10(16)6-11(17)8-12/h2-9,15H,19H2,1H3. The van der Waals surface area contributed by atoms with Crippen molar-refractivity contribution in [3.8, 4) is 5.75 Å². The highest BCUT2D eigenvalue weighted by molar-refractivity contribution is 5.27. The second-order valence-corrected chi connectivity index (χ2v) is 4.52. The Hall–Kier alpha value is -2.01. The first-order valence-corrected chi connectivity index (χ1v) is 6.10. The summed E-state index contributed by atoms with van der Waals surface area (Å²) in [4.78, 5) is 0. The summed E-state index contributed by atoms with van der Waals surface area (Å²) < 4.78 is 45.5. The van der Waals surface area contributed by atoms with Crippen LogP contribution >= 0.6 is 0 Å². The molecule has 2 unspecified atom stereocenters. The zero-order chi connectivity index (χ0) is 14.7. The van der Waals surface area contributed by atoms with Crippen LogP contribution in [0.25, 0.3) is 0 Å². The van der Waals surface area contributed by atoms with E-state index in [2.05, 4.69) is 0 Å². The molecule has 2 rings (SSSR count). The van der Waals surface area contributed by atoms with E-state index in [0.717, 1.165) is 18.2 Å². The van der Waals surface area contributed by atoms with Gasteiger partial charge in [-0.3, -0.25) is 0 Å². The Morgan fingerprint density at radius 3 is 2.15 bits per heavy atom. The van der Waals surface area contributed by atoms with E-state index in [1.165, 1.54) is 12.1 Å². The fourth-order valence-electron chi connectivity index (χ4n) is 1.90. The van der Waals surface area contributed by atoms with Gasteiger partial charge in [0.2, 0.25) is 0 Å². The molecule has 106 valence electrons. The number of hydrogen-bond acceptors (Lipinski definition) is 2. The maximum absolute atomic E-state index is 13.8. The van der Waals surface area contributed by atoms with Crippen molar-refractivity contribution >= 4 is 0 Å². The third-order valence-corrected chi connectivity index (χ3v) is 2.79. The number of halogens is 3. The SMILES string of the molecule is CC(N)C(Oc1cc(F)cc(F)c1)c1ccccc1F. The van der Waals surface area contributed by atoms with Gasteiger partial charge in [0, 0.05) is 29.8 Å². The Morgan fingerprint density at radius 2 is 1.60 bits per heavy atom. The predicted octanol–water partition coefficient (Wildman–Crippen LogP) is 3.57. The zero-order valence-electron chi connectivity index (χ0n) is 10.8. The Balaban J connectivity index is 2.33.